The van der Waals surface area contributed by atoms with Crippen molar-refractivity contribution in [2.24, 2.45) is 5.92 Å². The number of carbonyl (C=O) groups excluding carboxylic acids is 1. The predicted octanol–water partition coefficient (Wildman–Crippen LogP) is 3.13. The van der Waals surface area contributed by atoms with Gasteiger partial charge in [-0.3, -0.25) is 4.79 Å². The van der Waals surface area contributed by atoms with E-state index in [1.807, 2.05) is 6.92 Å². The number of nitrogens with zero attached hydrogens (tertiary/aromatic N) is 2. The maximum atomic E-state index is 12.6. The number of benzene rings is 1. The number of carbonyl (C=O) groups is 1. The lowest BCUT2D eigenvalue weighted by atomic mass is 10.1. The van der Waals surface area contributed by atoms with E-state index in [0.29, 0.717) is 17.3 Å². The normalized spacial score (nSPS) is 12.1. The number of esters is 1. The highest BCUT2D eigenvalue weighted by Gasteiger charge is 2.18. The van der Waals surface area contributed by atoms with Crippen LogP contribution in [0.25, 0.3) is 5.69 Å². The van der Waals surface area contributed by atoms with Gasteiger partial charge in [-0.1, -0.05) is 37.6 Å². The lowest BCUT2D eigenvalue weighted by Crippen LogP contribution is -2.27. The molecule has 1 N–H and O–H groups in total. The van der Waals surface area contributed by atoms with Crippen LogP contribution in [-0.2, 0) is 4.74 Å². The van der Waals surface area contributed by atoms with E-state index in [2.05, 4.69) is 24.3 Å². The smallest absolute Gasteiger partial charge is 0.340 e. The van der Waals surface area contributed by atoms with Crippen LogP contribution in [0.4, 0.5) is 5.69 Å². The van der Waals surface area contributed by atoms with Crippen molar-refractivity contribution in [1.82, 2.24) is 9.78 Å². The molecule has 2 rings (SSSR count). The molecule has 0 radical (unpaired) electrons. The standard InChI is InChI=1S/C17H20ClN3O3/c1-10(2)11(3)20-13-9-19-21(16(22)15(13)18)14-8-6-5-7-12(14)17(23)24-4/h5-11,20H,1-4H3. The van der Waals surface area contributed by atoms with E-state index in [1.165, 1.54) is 13.3 Å². The molecule has 1 heterocycles. The van der Waals surface area contributed by atoms with Crippen LogP contribution in [0.3, 0.4) is 0 Å². The summed E-state index contributed by atoms with van der Waals surface area (Å²) in [4.78, 5) is 24.5. The zero-order valence-electron chi connectivity index (χ0n) is 14.0. The quantitative estimate of drug-likeness (QED) is 0.839. The molecule has 128 valence electrons. The van der Waals surface area contributed by atoms with Crippen molar-refractivity contribution in [3.8, 4) is 5.69 Å². The van der Waals surface area contributed by atoms with Crippen LogP contribution in [0.15, 0.2) is 35.3 Å². The molecule has 0 saturated carbocycles. The molecule has 1 aromatic heterocycles. The zero-order chi connectivity index (χ0) is 17.9. The minimum absolute atomic E-state index is 0.0252. The van der Waals surface area contributed by atoms with Gasteiger partial charge in [-0.15, -0.1) is 0 Å². The summed E-state index contributed by atoms with van der Waals surface area (Å²) >= 11 is 6.21. The summed E-state index contributed by atoms with van der Waals surface area (Å²) in [7, 11) is 1.28. The number of hydrogen-bond donors (Lipinski definition) is 1. The van der Waals surface area contributed by atoms with E-state index in [4.69, 9.17) is 16.3 Å². The number of nitrogens with one attached hydrogen (secondary N) is 1. The van der Waals surface area contributed by atoms with Crippen molar-refractivity contribution >= 4 is 23.3 Å². The number of ether oxygens (including phenoxy) is 1. The van der Waals surface area contributed by atoms with Crippen LogP contribution >= 0.6 is 11.6 Å². The van der Waals surface area contributed by atoms with Crippen molar-refractivity contribution in [1.29, 1.82) is 0 Å². The molecule has 1 unspecified atom stereocenters. The van der Waals surface area contributed by atoms with E-state index >= 15 is 0 Å². The molecule has 1 atom stereocenters. The lowest BCUT2D eigenvalue weighted by molar-refractivity contribution is 0.0600. The summed E-state index contributed by atoms with van der Waals surface area (Å²) in [6.07, 6.45) is 1.48. The molecule has 0 bridgehead atoms. The molecular weight excluding hydrogens is 330 g/mol. The third-order valence-corrected chi connectivity index (χ3v) is 4.20. The molecule has 0 aliphatic rings. The molecule has 0 fully saturated rings. The Morgan fingerprint density at radius 1 is 1.29 bits per heavy atom. The van der Waals surface area contributed by atoms with Gasteiger partial charge in [0.1, 0.15) is 5.02 Å². The van der Waals surface area contributed by atoms with Gasteiger partial charge in [0.05, 0.1) is 30.2 Å². The van der Waals surface area contributed by atoms with Crippen LogP contribution in [0.5, 0.6) is 0 Å². The number of aromatic nitrogens is 2. The molecule has 0 aliphatic carbocycles. The third-order valence-electron chi connectivity index (χ3n) is 3.84. The van der Waals surface area contributed by atoms with Gasteiger partial charge in [0.15, 0.2) is 0 Å². The summed E-state index contributed by atoms with van der Waals surface area (Å²) in [6, 6.07) is 6.69. The maximum Gasteiger partial charge on any atom is 0.340 e. The summed E-state index contributed by atoms with van der Waals surface area (Å²) in [6.45, 7) is 6.12. The van der Waals surface area contributed by atoms with Gasteiger partial charge in [-0.05, 0) is 25.0 Å². The molecule has 2 aromatic rings. The van der Waals surface area contributed by atoms with E-state index < -0.39 is 11.5 Å². The van der Waals surface area contributed by atoms with Crippen molar-refractivity contribution in [3.63, 3.8) is 0 Å². The van der Waals surface area contributed by atoms with Crippen LogP contribution in [-0.4, -0.2) is 28.9 Å². The molecule has 7 heteroatoms. The second-order valence-corrected chi connectivity index (χ2v) is 6.15. The molecule has 0 saturated heterocycles. The number of anilines is 1. The van der Waals surface area contributed by atoms with Crippen LogP contribution in [0.1, 0.15) is 31.1 Å². The Bertz CT molecular complexity index is 802. The molecule has 0 amide bonds. The highest BCUT2D eigenvalue weighted by molar-refractivity contribution is 6.33. The van der Waals surface area contributed by atoms with Gasteiger partial charge in [0, 0.05) is 6.04 Å². The second kappa shape index (κ2) is 7.49. The minimum Gasteiger partial charge on any atom is -0.465 e. The van der Waals surface area contributed by atoms with Crippen molar-refractivity contribution in [3.05, 3.63) is 51.4 Å². The first-order valence-corrected chi connectivity index (χ1v) is 7.96. The summed E-state index contributed by atoms with van der Waals surface area (Å²) < 4.78 is 5.84. The maximum absolute atomic E-state index is 12.6. The molecular formula is C17H20ClN3O3. The monoisotopic (exact) mass is 349 g/mol. The molecule has 24 heavy (non-hydrogen) atoms. The van der Waals surface area contributed by atoms with Gasteiger partial charge in [-0.25, -0.2) is 4.79 Å². The Morgan fingerprint density at radius 3 is 2.58 bits per heavy atom. The SMILES string of the molecule is COC(=O)c1ccccc1-n1ncc(NC(C)C(C)C)c(Cl)c1=O. The number of halogens is 1. The summed E-state index contributed by atoms with van der Waals surface area (Å²) in [5, 5.41) is 7.35. The van der Waals surface area contributed by atoms with Gasteiger partial charge in [-0.2, -0.15) is 9.78 Å². The highest BCUT2D eigenvalue weighted by atomic mass is 35.5. The number of methoxy groups -OCH3 is 1. The number of hydrogen-bond acceptors (Lipinski definition) is 5. The Kier molecular flexibility index (Phi) is 5.62. The second-order valence-electron chi connectivity index (χ2n) is 5.77. The topological polar surface area (TPSA) is 73.2 Å². The fourth-order valence-corrected chi connectivity index (χ4v) is 2.24. The average molecular weight is 350 g/mol. The fraction of sp³-hybridized carbons (Fsp3) is 0.353. The Balaban J connectivity index is 2.50. The lowest BCUT2D eigenvalue weighted by Gasteiger charge is -2.19. The number of para-hydroxylation sites is 1. The molecule has 0 aliphatic heterocycles. The van der Waals surface area contributed by atoms with Crippen LogP contribution in [0, 0.1) is 5.92 Å². The van der Waals surface area contributed by atoms with Crippen molar-refractivity contribution in [2.75, 3.05) is 12.4 Å². The van der Waals surface area contributed by atoms with Gasteiger partial charge < -0.3 is 10.1 Å². The fourth-order valence-electron chi connectivity index (χ4n) is 2.06. The summed E-state index contributed by atoms with van der Waals surface area (Å²) in [5.41, 5.74) is 0.519. The molecule has 1 aromatic carbocycles. The first-order valence-electron chi connectivity index (χ1n) is 7.59. The first-order chi connectivity index (χ1) is 11.4. The van der Waals surface area contributed by atoms with E-state index in [0.717, 1.165) is 4.68 Å². The largest absolute Gasteiger partial charge is 0.465 e. The van der Waals surface area contributed by atoms with Gasteiger partial charge in [0.2, 0.25) is 0 Å². The third kappa shape index (κ3) is 3.59. The van der Waals surface area contributed by atoms with Crippen LogP contribution in [0.2, 0.25) is 5.02 Å². The predicted molar refractivity (Wildman–Crippen MR) is 94.1 cm³/mol. The average Bonchev–Trinajstić information content (AvgIpc) is 2.58. The van der Waals surface area contributed by atoms with E-state index in [-0.39, 0.29) is 16.6 Å². The molecule has 6 nitrogen and oxygen atoms in total. The zero-order valence-corrected chi connectivity index (χ0v) is 14.8. The van der Waals surface area contributed by atoms with E-state index in [9.17, 15) is 9.59 Å². The summed E-state index contributed by atoms with van der Waals surface area (Å²) in [5.74, 6) is -0.186. The number of rotatable bonds is 5. The first kappa shape index (κ1) is 18.0. The minimum atomic E-state index is -0.550. The van der Waals surface area contributed by atoms with Gasteiger partial charge in [0.25, 0.3) is 5.56 Å². The Hall–Kier alpha value is -2.34. The highest BCUT2D eigenvalue weighted by Crippen LogP contribution is 2.20. The van der Waals surface area contributed by atoms with E-state index in [1.54, 1.807) is 24.3 Å². The Morgan fingerprint density at radius 2 is 1.96 bits per heavy atom. The Labute approximate surface area is 145 Å². The molecule has 0 spiro atoms. The van der Waals surface area contributed by atoms with Crippen LogP contribution < -0.4 is 10.9 Å². The van der Waals surface area contributed by atoms with Crippen molar-refractivity contribution < 1.29 is 9.53 Å². The van der Waals surface area contributed by atoms with Crippen molar-refractivity contribution in [2.45, 2.75) is 26.8 Å². The van der Waals surface area contributed by atoms with Gasteiger partial charge >= 0.3 is 5.97 Å².